The number of aliphatic hydroxyl groups is 1. The van der Waals surface area contributed by atoms with Gasteiger partial charge in [0.05, 0.1) is 13.0 Å². The smallest absolute Gasteiger partial charge is 0.195 e. The lowest BCUT2D eigenvalue weighted by Gasteiger charge is -2.05. The monoisotopic (exact) mass is 215 g/mol. The Morgan fingerprint density at radius 2 is 1.75 bits per heavy atom. The van der Waals surface area contributed by atoms with Crippen molar-refractivity contribution in [3.8, 4) is 11.1 Å². The summed E-state index contributed by atoms with van der Waals surface area (Å²) in [6, 6.07) is 13.4. The van der Waals surface area contributed by atoms with Gasteiger partial charge >= 0.3 is 0 Å². The molecule has 0 aliphatic rings. The minimum Gasteiger partial charge on any atom is -0.618 e. The van der Waals surface area contributed by atoms with Crippen LogP contribution in [0.25, 0.3) is 11.1 Å². The molecule has 1 aromatic heterocycles. The van der Waals surface area contributed by atoms with E-state index < -0.39 is 0 Å². The molecule has 0 saturated carbocycles. The van der Waals surface area contributed by atoms with Gasteiger partial charge in [-0.25, -0.2) is 0 Å². The summed E-state index contributed by atoms with van der Waals surface area (Å²) in [5.41, 5.74) is 2.49. The van der Waals surface area contributed by atoms with Crippen molar-refractivity contribution < 1.29 is 9.84 Å². The van der Waals surface area contributed by atoms with Gasteiger partial charge in [-0.05, 0) is 11.6 Å². The minimum absolute atomic E-state index is 0.00702. The molecule has 3 heteroatoms. The van der Waals surface area contributed by atoms with Crippen LogP contribution in [0.4, 0.5) is 0 Å². The molecule has 0 unspecified atom stereocenters. The Labute approximate surface area is 94.2 Å². The Bertz CT molecular complexity index is 469. The van der Waals surface area contributed by atoms with Gasteiger partial charge in [-0.15, -0.1) is 0 Å². The molecule has 0 spiro atoms. The molecule has 0 saturated heterocycles. The lowest BCUT2D eigenvalue weighted by molar-refractivity contribution is -0.613. The largest absolute Gasteiger partial charge is 0.618 e. The van der Waals surface area contributed by atoms with E-state index in [9.17, 15) is 5.21 Å². The average molecular weight is 215 g/mol. The molecule has 1 heterocycles. The molecular formula is C13H13NO2. The zero-order chi connectivity index (χ0) is 11.4. The Hall–Kier alpha value is -1.87. The van der Waals surface area contributed by atoms with Gasteiger partial charge in [-0.1, -0.05) is 30.3 Å². The minimum atomic E-state index is -0.00702. The van der Waals surface area contributed by atoms with Crippen molar-refractivity contribution in [1.29, 1.82) is 0 Å². The zero-order valence-electron chi connectivity index (χ0n) is 8.84. The van der Waals surface area contributed by atoms with Gasteiger partial charge in [-0.3, -0.25) is 0 Å². The first-order chi connectivity index (χ1) is 7.81. The van der Waals surface area contributed by atoms with E-state index in [0.717, 1.165) is 15.9 Å². The number of hydrogen-bond donors (Lipinski definition) is 1. The predicted octanol–water partition coefficient (Wildman–Crippen LogP) is 1.52. The van der Waals surface area contributed by atoms with Crippen LogP contribution in [0.5, 0.6) is 0 Å². The van der Waals surface area contributed by atoms with Crippen LogP contribution in [0, 0.1) is 5.21 Å². The van der Waals surface area contributed by atoms with Gasteiger partial charge in [0.25, 0.3) is 0 Å². The molecule has 2 rings (SSSR count). The summed E-state index contributed by atoms with van der Waals surface area (Å²) in [5, 5.41) is 20.4. The van der Waals surface area contributed by atoms with Crippen molar-refractivity contribution in [2.45, 2.75) is 6.42 Å². The van der Waals surface area contributed by atoms with Gasteiger partial charge in [0.1, 0.15) is 0 Å². The number of rotatable bonds is 3. The van der Waals surface area contributed by atoms with E-state index in [1.807, 2.05) is 36.4 Å². The summed E-state index contributed by atoms with van der Waals surface area (Å²) >= 11 is 0. The van der Waals surface area contributed by atoms with E-state index in [2.05, 4.69) is 0 Å². The zero-order valence-corrected chi connectivity index (χ0v) is 8.84. The highest BCUT2D eigenvalue weighted by molar-refractivity contribution is 5.61. The Balaban J connectivity index is 2.35. The fourth-order valence-electron chi connectivity index (χ4n) is 1.62. The lowest BCUT2D eigenvalue weighted by Crippen LogP contribution is -2.31. The summed E-state index contributed by atoms with van der Waals surface area (Å²) in [4.78, 5) is 0. The first-order valence-electron chi connectivity index (χ1n) is 5.19. The standard InChI is InChI=1S/C13H13NO2/c15-9-8-13-7-6-12(10-14(13)16)11-4-2-1-3-5-11/h1-7,10,15H,8-9H2. The topological polar surface area (TPSA) is 47.2 Å². The van der Waals surface area contributed by atoms with Gasteiger partial charge in [0, 0.05) is 11.6 Å². The third-order valence-corrected chi connectivity index (χ3v) is 2.47. The Kier molecular flexibility index (Phi) is 3.17. The number of aliphatic hydroxyl groups excluding tert-OH is 1. The van der Waals surface area contributed by atoms with Gasteiger partial charge in [0.15, 0.2) is 11.9 Å². The molecule has 0 aliphatic carbocycles. The fraction of sp³-hybridized carbons (Fsp3) is 0.154. The summed E-state index contributed by atoms with van der Waals surface area (Å²) in [6.45, 7) is -0.00702. The quantitative estimate of drug-likeness (QED) is 0.623. The maximum absolute atomic E-state index is 11.6. The lowest BCUT2D eigenvalue weighted by atomic mass is 10.1. The van der Waals surface area contributed by atoms with Crippen LogP contribution in [-0.2, 0) is 6.42 Å². The Morgan fingerprint density at radius 3 is 2.38 bits per heavy atom. The second-order valence-corrected chi connectivity index (χ2v) is 3.57. The second kappa shape index (κ2) is 4.77. The molecule has 0 atom stereocenters. The van der Waals surface area contributed by atoms with Gasteiger partial charge in [0.2, 0.25) is 0 Å². The van der Waals surface area contributed by atoms with Crippen LogP contribution >= 0.6 is 0 Å². The van der Waals surface area contributed by atoms with Crippen molar-refractivity contribution in [2.24, 2.45) is 0 Å². The third kappa shape index (κ3) is 2.20. The summed E-state index contributed by atoms with van der Waals surface area (Å²) in [6.07, 6.45) is 1.93. The van der Waals surface area contributed by atoms with Crippen molar-refractivity contribution >= 4 is 0 Å². The van der Waals surface area contributed by atoms with E-state index >= 15 is 0 Å². The molecular weight excluding hydrogens is 202 g/mol. The van der Waals surface area contributed by atoms with Crippen molar-refractivity contribution in [1.82, 2.24) is 0 Å². The molecule has 0 bridgehead atoms. The van der Waals surface area contributed by atoms with Crippen molar-refractivity contribution in [3.63, 3.8) is 0 Å². The van der Waals surface area contributed by atoms with E-state index in [1.165, 1.54) is 0 Å². The van der Waals surface area contributed by atoms with E-state index in [-0.39, 0.29) is 6.61 Å². The van der Waals surface area contributed by atoms with Crippen molar-refractivity contribution in [3.05, 3.63) is 59.6 Å². The van der Waals surface area contributed by atoms with Crippen LogP contribution in [0.1, 0.15) is 5.69 Å². The molecule has 1 aromatic carbocycles. The van der Waals surface area contributed by atoms with E-state index in [1.54, 1.807) is 12.3 Å². The SMILES string of the molecule is [O-][n+]1cc(-c2ccccc2)ccc1CCO. The Morgan fingerprint density at radius 1 is 1.00 bits per heavy atom. The highest BCUT2D eigenvalue weighted by Gasteiger charge is 2.06. The van der Waals surface area contributed by atoms with Crippen molar-refractivity contribution in [2.75, 3.05) is 6.61 Å². The first-order valence-corrected chi connectivity index (χ1v) is 5.19. The molecule has 3 nitrogen and oxygen atoms in total. The highest BCUT2D eigenvalue weighted by Crippen LogP contribution is 2.16. The fourth-order valence-corrected chi connectivity index (χ4v) is 1.62. The normalized spacial score (nSPS) is 10.3. The number of nitrogens with zero attached hydrogens (tertiary/aromatic N) is 1. The molecule has 0 radical (unpaired) electrons. The molecule has 0 aliphatic heterocycles. The molecule has 82 valence electrons. The number of benzene rings is 1. The first kappa shape index (κ1) is 10.6. The van der Waals surface area contributed by atoms with Gasteiger partial charge < -0.3 is 10.3 Å². The predicted molar refractivity (Wildman–Crippen MR) is 61.6 cm³/mol. The molecule has 16 heavy (non-hydrogen) atoms. The number of aromatic nitrogens is 1. The van der Waals surface area contributed by atoms with Crippen LogP contribution < -0.4 is 4.73 Å². The second-order valence-electron chi connectivity index (χ2n) is 3.57. The van der Waals surface area contributed by atoms with E-state index in [4.69, 9.17) is 5.11 Å². The highest BCUT2D eigenvalue weighted by atomic mass is 16.5. The summed E-state index contributed by atoms with van der Waals surface area (Å²) < 4.78 is 0.818. The van der Waals surface area contributed by atoms with Crippen LogP contribution in [-0.4, -0.2) is 11.7 Å². The molecule has 0 fully saturated rings. The summed E-state index contributed by atoms with van der Waals surface area (Å²) in [5.74, 6) is 0. The average Bonchev–Trinajstić information content (AvgIpc) is 2.33. The number of pyridine rings is 1. The molecule has 1 N–H and O–H groups in total. The van der Waals surface area contributed by atoms with Gasteiger partial charge in [-0.2, -0.15) is 4.73 Å². The third-order valence-electron chi connectivity index (χ3n) is 2.47. The maximum atomic E-state index is 11.6. The summed E-state index contributed by atoms with van der Waals surface area (Å²) in [7, 11) is 0. The molecule has 2 aromatic rings. The molecule has 0 amide bonds. The van der Waals surface area contributed by atoms with Crippen LogP contribution in [0.2, 0.25) is 0 Å². The van der Waals surface area contributed by atoms with Crippen LogP contribution in [0.3, 0.4) is 0 Å². The van der Waals surface area contributed by atoms with Crippen LogP contribution in [0.15, 0.2) is 48.7 Å². The number of hydrogen-bond acceptors (Lipinski definition) is 2. The maximum Gasteiger partial charge on any atom is 0.195 e. The van der Waals surface area contributed by atoms with E-state index in [0.29, 0.717) is 12.1 Å².